The molecule has 6 heteroatoms. The number of thioether (sulfide) groups is 1. The molecule has 0 bridgehead atoms. The zero-order valence-electron chi connectivity index (χ0n) is 14.7. The standard InChI is InChI=1S/C18H27N3O2S/c1-14(2)19-17(22)12-20-8-10-21(11-9-20)18(23)16-6-4-15(5-7-16)13-24-3/h4-7,14H,8-13H2,1-3H3,(H,19,22). The molecule has 2 rings (SSSR count). The molecule has 132 valence electrons. The molecular formula is C18H27N3O2S. The van der Waals surface area contributed by atoms with Gasteiger partial charge in [-0.3, -0.25) is 14.5 Å². The highest BCUT2D eigenvalue weighted by molar-refractivity contribution is 7.97. The van der Waals surface area contributed by atoms with Gasteiger partial charge in [0.05, 0.1) is 6.54 Å². The predicted molar refractivity (Wildman–Crippen MR) is 99.3 cm³/mol. The molecule has 0 spiro atoms. The predicted octanol–water partition coefficient (Wildman–Crippen LogP) is 1.83. The minimum absolute atomic E-state index is 0.0501. The van der Waals surface area contributed by atoms with Crippen molar-refractivity contribution in [2.24, 2.45) is 0 Å². The van der Waals surface area contributed by atoms with E-state index in [9.17, 15) is 9.59 Å². The van der Waals surface area contributed by atoms with Gasteiger partial charge in [0, 0.05) is 43.5 Å². The summed E-state index contributed by atoms with van der Waals surface area (Å²) in [4.78, 5) is 28.4. The van der Waals surface area contributed by atoms with Crippen LogP contribution in [0.3, 0.4) is 0 Å². The molecule has 1 aromatic rings. The van der Waals surface area contributed by atoms with Crippen LogP contribution in [-0.2, 0) is 10.5 Å². The maximum absolute atomic E-state index is 12.6. The number of carbonyl (C=O) groups is 2. The molecule has 24 heavy (non-hydrogen) atoms. The first-order chi connectivity index (χ1) is 11.5. The Hall–Kier alpha value is -1.53. The van der Waals surface area contributed by atoms with Crippen molar-refractivity contribution < 1.29 is 9.59 Å². The fourth-order valence-electron chi connectivity index (χ4n) is 2.77. The molecule has 0 unspecified atom stereocenters. The van der Waals surface area contributed by atoms with E-state index in [-0.39, 0.29) is 17.9 Å². The summed E-state index contributed by atoms with van der Waals surface area (Å²) in [5.74, 6) is 1.09. The molecule has 1 saturated heterocycles. The second-order valence-electron chi connectivity index (χ2n) is 6.42. The molecule has 1 heterocycles. The third-order valence-corrected chi connectivity index (χ3v) is 4.61. The summed E-state index contributed by atoms with van der Waals surface area (Å²) in [6.07, 6.45) is 2.07. The molecular weight excluding hydrogens is 322 g/mol. The molecule has 0 saturated carbocycles. The van der Waals surface area contributed by atoms with Crippen LogP contribution in [0.15, 0.2) is 24.3 Å². The zero-order valence-corrected chi connectivity index (χ0v) is 15.6. The average Bonchev–Trinajstić information content (AvgIpc) is 2.55. The van der Waals surface area contributed by atoms with E-state index in [1.54, 1.807) is 11.8 Å². The van der Waals surface area contributed by atoms with Crippen molar-refractivity contribution in [1.82, 2.24) is 15.1 Å². The van der Waals surface area contributed by atoms with Gasteiger partial charge >= 0.3 is 0 Å². The number of benzene rings is 1. The summed E-state index contributed by atoms with van der Waals surface area (Å²) in [7, 11) is 0. The van der Waals surface area contributed by atoms with Crippen molar-refractivity contribution in [3.05, 3.63) is 35.4 Å². The van der Waals surface area contributed by atoms with Crippen LogP contribution in [0.2, 0.25) is 0 Å². The van der Waals surface area contributed by atoms with Crippen LogP contribution in [0.4, 0.5) is 0 Å². The van der Waals surface area contributed by atoms with Crippen LogP contribution >= 0.6 is 11.8 Å². The van der Waals surface area contributed by atoms with E-state index in [1.165, 1.54) is 5.56 Å². The van der Waals surface area contributed by atoms with Crippen LogP contribution in [-0.4, -0.2) is 66.6 Å². The Morgan fingerprint density at radius 3 is 2.29 bits per heavy atom. The van der Waals surface area contributed by atoms with E-state index in [0.717, 1.165) is 24.4 Å². The molecule has 1 N–H and O–H groups in total. The van der Waals surface area contributed by atoms with E-state index in [0.29, 0.717) is 19.6 Å². The monoisotopic (exact) mass is 349 g/mol. The van der Waals surface area contributed by atoms with Gasteiger partial charge in [-0.25, -0.2) is 0 Å². The summed E-state index contributed by atoms with van der Waals surface area (Å²) in [6.45, 7) is 7.13. The number of hydrogen-bond acceptors (Lipinski definition) is 4. The van der Waals surface area contributed by atoms with Gasteiger partial charge in [0.15, 0.2) is 0 Å². The quantitative estimate of drug-likeness (QED) is 0.851. The molecule has 0 aliphatic carbocycles. The third-order valence-electron chi connectivity index (χ3n) is 3.99. The van der Waals surface area contributed by atoms with Crippen molar-refractivity contribution in [2.75, 3.05) is 39.0 Å². The number of amides is 2. The largest absolute Gasteiger partial charge is 0.353 e. The van der Waals surface area contributed by atoms with Gasteiger partial charge < -0.3 is 10.2 Å². The minimum Gasteiger partial charge on any atom is -0.353 e. The Morgan fingerprint density at radius 2 is 1.75 bits per heavy atom. The Kier molecular flexibility index (Phi) is 7.12. The molecule has 2 amide bonds. The first kappa shape index (κ1) is 18.8. The van der Waals surface area contributed by atoms with Gasteiger partial charge in [-0.2, -0.15) is 11.8 Å². The van der Waals surface area contributed by atoms with E-state index in [1.807, 2.05) is 43.0 Å². The smallest absolute Gasteiger partial charge is 0.253 e. The molecule has 1 fully saturated rings. The van der Waals surface area contributed by atoms with Crippen LogP contribution in [0, 0.1) is 0 Å². The second kappa shape index (κ2) is 9.08. The van der Waals surface area contributed by atoms with Gasteiger partial charge in [0.1, 0.15) is 0 Å². The lowest BCUT2D eigenvalue weighted by atomic mass is 10.1. The molecule has 5 nitrogen and oxygen atoms in total. The molecule has 1 aliphatic heterocycles. The topological polar surface area (TPSA) is 52.7 Å². The fraction of sp³-hybridized carbons (Fsp3) is 0.556. The Morgan fingerprint density at radius 1 is 1.12 bits per heavy atom. The number of nitrogens with zero attached hydrogens (tertiary/aromatic N) is 2. The summed E-state index contributed by atoms with van der Waals surface area (Å²) in [5.41, 5.74) is 1.98. The van der Waals surface area contributed by atoms with Gasteiger partial charge in [0.2, 0.25) is 5.91 Å². The number of piperazine rings is 1. The zero-order chi connectivity index (χ0) is 17.5. The molecule has 1 aromatic carbocycles. The van der Waals surface area contributed by atoms with Crippen molar-refractivity contribution in [3.63, 3.8) is 0 Å². The molecule has 0 radical (unpaired) electrons. The van der Waals surface area contributed by atoms with Crippen molar-refractivity contribution in [1.29, 1.82) is 0 Å². The highest BCUT2D eigenvalue weighted by atomic mass is 32.2. The second-order valence-corrected chi connectivity index (χ2v) is 7.29. The highest BCUT2D eigenvalue weighted by Gasteiger charge is 2.23. The number of rotatable bonds is 6. The summed E-state index contributed by atoms with van der Waals surface area (Å²) in [6, 6.07) is 8.04. The average molecular weight is 350 g/mol. The highest BCUT2D eigenvalue weighted by Crippen LogP contribution is 2.13. The van der Waals surface area contributed by atoms with Gasteiger partial charge in [-0.05, 0) is 37.8 Å². The van der Waals surface area contributed by atoms with E-state index in [2.05, 4.69) is 16.5 Å². The first-order valence-corrected chi connectivity index (χ1v) is 9.78. The molecule has 0 atom stereocenters. The van der Waals surface area contributed by atoms with Crippen LogP contribution in [0.5, 0.6) is 0 Å². The number of nitrogens with one attached hydrogen (secondary N) is 1. The summed E-state index contributed by atoms with van der Waals surface area (Å²) in [5, 5.41) is 2.90. The Balaban J connectivity index is 1.83. The normalized spacial score (nSPS) is 15.6. The van der Waals surface area contributed by atoms with Gasteiger partial charge in [-0.15, -0.1) is 0 Å². The third kappa shape index (κ3) is 5.53. The van der Waals surface area contributed by atoms with Crippen molar-refractivity contribution >= 4 is 23.6 Å². The van der Waals surface area contributed by atoms with Gasteiger partial charge in [0.25, 0.3) is 5.91 Å². The maximum atomic E-state index is 12.6. The Labute approximate surface area is 148 Å². The lowest BCUT2D eigenvalue weighted by Crippen LogP contribution is -2.51. The molecule has 0 aromatic heterocycles. The lowest BCUT2D eigenvalue weighted by Gasteiger charge is -2.34. The lowest BCUT2D eigenvalue weighted by molar-refractivity contribution is -0.123. The van der Waals surface area contributed by atoms with Crippen molar-refractivity contribution in [3.8, 4) is 0 Å². The summed E-state index contributed by atoms with van der Waals surface area (Å²) < 4.78 is 0. The van der Waals surface area contributed by atoms with E-state index < -0.39 is 0 Å². The number of hydrogen-bond donors (Lipinski definition) is 1. The SMILES string of the molecule is CSCc1ccc(C(=O)N2CCN(CC(=O)NC(C)C)CC2)cc1. The van der Waals surface area contributed by atoms with E-state index >= 15 is 0 Å². The maximum Gasteiger partial charge on any atom is 0.253 e. The van der Waals surface area contributed by atoms with Crippen LogP contribution < -0.4 is 5.32 Å². The molecule has 1 aliphatic rings. The van der Waals surface area contributed by atoms with Crippen LogP contribution in [0.1, 0.15) is 29.8 Å². The van der Waals surface area contributed by atoms with Gasteiger partial charge in [-0.1, -0.05) is 12.1 Å². The van der Waals surface area contributed by atoms with Crippen LogP contribution in [0.25, 0.3) is 0 Å². The van der Waals surface area contributed by atoms with E-state index in [4.69, 9.17) is 0 Å². The minimum atomic E-state index is 0.0501. The van der Waals surface area contributed by atoms with Crippen molar-refractivity contribution in [2.45, 2.75) is 25.6 Å². The first-order valence-electron chi connectivity index (χ1n) is 8.38. The Bertz CT molecular complexity index is 552. The number of carbonyl (C=O) groups excluding carboxylic acids is 2. The summed E-state index contributed by atoms with van der Waals surface area (Å²) >= 11 is 1.77. The fourth-order valence-corrected chi connectivity index (χ4v) is 3.30.